The molecule has 2 aliphatic heterocycles. The van der Waals surface area contributed by atoms with Crippen molar-refractivity contribution in [1.82, 2.24) is 0 Å². The zero-order valence-corrected chi connectivity index (χ0v) is 22.3. The number of hydrogen-bond acceptors (Lipinski definition) is 0. The van der Waals surface area contributed by atoms with Gasteiger partial charge in [0.05, 0.1) is 6.54 Å². The van der Waals surface area contributed by atoms with Crippen molar-refractivity contribution in [2.45, 2.75) is 13.1 Å². The van der Waals surface area contributed by atoms with Gasteiger partial charge >= 0.3 is 33.3 Å². The van der Waals surface area contributed by atoms with E-state index in [1.165, 1.54) is 11.1 Å². The van der Waals surface area contributed by atoms with E-state index in [0.717, 1.165) is 46.3 Å². The minimum atomic E-state index is 0. The Morgan fingerprint density at radius 3 is 1.78 bits per heavy atom. The van der Waals surface area contributed by atoms with Crippen molar-refractivity contribution >= 4 is 43.7 Å². The van der Waals surface area contributed by atoms with Gasteiger partial charge in [-0.2, -0.15) is 5.70 Å². The summed E-state index contributed by atoms with van der Waals surface area (Å²) in [7, 11) is 9.59. The monoisotopic (exact) mass is 561 g/mol. The predicted molar refractivity (Wildman–Crippen MR) is 147 cm³/mol. The predicted octanol–water partition coefficient (Wildman–Crippen LogP) is 4.94. The van der Waals surface area contributed by atoms with Gasteiger partial charge in [-0.05, 0) is 10.4 Å². The van der Waals surface area contributed by atoms with Crippen LogP contribution in [0, 0.1) is 0 Å². The first-order valence-corrected chi connectivity index (χ1v) is 14.6. The van der Waals surface area contributed by atoms with E-state index in [2.05, 4.69) is 84.2 Å². The molecule has 0 aliphatic carbocycles. The Hall–Kier alpha value is -2.54. The number of halogens is 2. The number of allylic oxidation sites excluding steroid dienone is 2. The Morgan fingerprint density at radius 1 is 0.639 bits per heavy atom. The van der Waals surface area contributed by atoms with Gasteiger partial charge in [-0.1, -0.05) is 103 Å². The summed E-state index contributed by atoms with van der Waals surface area (Å²) < 4.78 is 0. The van der Waals surface area contributed by atoms with Gasteiger partial charge in [0, 0.05) is 5.56 Å². The number of nitrogens with two attached hydrogens (primary N) is 1. The maximum atomic E-state index is 4.98. The average molecular weight is 562 g/mol. The third kappa shape index (κ3) is 7.98. The second kappa shape index (κ2) is 14.9. The minimum absolute atomic E-state index is 0. The molecular weight excluding hydrogens is 534 g/mol. The quantitative estimate of drug-likeness (QED) is 0.377. The molecule has 5 nitrogen and oxygen atoms in total. The summed E-state index contributed by atoms with van der Waals surface area (Å²) in [6, 6.07) is 25.1. The normalized spacial score (nSPS) is 12.8. The molecule has 0 amide bonds. The number of hydrogen-bond donors (Lipinski definition) is 1. The molecule has 0 unspecified atom stereocenters. The molecule has 0 saturated heterocycles. The maximum absolute atomic E-state index is 4.98. The molecule has 0 saturated carbocycles. The number of nitrogens with zero attached hydrogens (tertiary/aromatic N) is 3. The van der Waals surface area contributed by atoms with E-state index in [9.17, 15) is 0 Å². The van der Waals surface area contributed by atoms with Gasteiger partial charge in [0.1, 0.15) is 6.54 Å². The summed E-state index contributed by atoms with van der Waals surface area (Å²) in [5.74, 6) is 0. The summed E-state index contributed by atoms with van der Waals surface area (Å²) in [6.07, 6.45) is 8.47. The molecule has 3 aromatic carbocycles. The zero-order chi connectivity index (χ0) is 24.3. The van der Waals surface area contributed by atoms with E-state index in [1.54, 1.807) is 0 Å². The topological polar surface area (TPSA) is 90.4 Å². The van der Waals surface area contributed by atoms with E-state index in [-0.39, 0.29) is 18.6 Å². The first kappa shape index (κ1) is 28.0. The van der Waals surface area contributed by atoms with Crippen LogP contribution in [0.15, 0.2) is 96.3 Å². The first-order valence-electron chi connectivity index (χ1n) is 11.3. The second-order valence-corrected chi connectivity index (χ2v) is 10.0. The molecule has 0 radical (unpaired) electrons. The van der Waals surface area contributed by atoms with Gasteiger partial charge in [-0.15, -0.1) is 30.2 Å². The van der Waals surface area contributed by atoms with Crippen LogP contribution < -0.4 is 15.8 Å². The summed E-state index contributed by atoms with van der Waals surface area (Å²) in [4.78, 5) is 0. The Labute approximate surface area is 226 Å². The van der Waals surface area contributed by atoms with Crippen molar-refractivity contribution < 1.29 is 23.9 Å². The molecular formula is C28H28Cl2MnN4O-2. The summed E-state index contributed by atoms with van der Waals surface area (Å²) >= 11 is 0.00694. The Balaban J connectivity index is 0.000000861. The van der Waals surface area contributed by atoms with E-state index >= 15 is 0 Å². The number of benzene rings is 3. The molecule has 36 heavy (non-hydrogen) atoms. The molecule has 0 bridgehead atoms. The molecule has 2 aliphatic rings. The molecule has 8 heteroatoms. The van der Waals surface area contributed by atoms with Crippen LogP contribution >= 0.6 is 20.2 Å². The van der Waals surface area contributed by atoms with Gasteiger partial charge in [0.15, 0.2) is 0 Å². The van der Waals surface area contributed by atoms with Crippen LogP contribution in [0.25, 0.3) is 28.1 Å². The van der Waals surface area contributed by atoms with Crippen LogP contribution in [-0.4, -0.2) is 18.6 Å². The first-order chi connectivity index (χ1) is 17.3. The van der Waals surface area contributed by atoms with E-state index in [4.69, 9.17) is 36.1 Å². The van der Waals surface area contributed by atoms with Gasteiger partial charge in [-0.3, -0.25) is 0 Å². The zero-order valence-electron chi connectivity index (χ0n) is 19.6. The fourth-order valence-corrected chi connectivity index (χ4v) is 3.93. The standard InChI is InChI=1S/C28H25N4.2ClH.Mn.H2O/c1-3-7-21(8-4-1)17-29-19-25-15-13-23-11-12-24-14-16-26(32-28(24)27(23)31-25)20-30-18-22-9-5-2-6-10-22;;;;/h1-16,29H,17-20H2;2*1H;;1H2/q-3;;;+2;/p-1. The number of fused-ring (bicyclic) bond motifs is 3. The van der Waals surface area contributed by atoms with Crippen LogP contribution in [0.5, 0.6) is 0 Å². The summed E-state index contributed by atoms with van der Waals surface area (Å²) in [6.45, 7) is 3.09. The van der Waals surface area contributed by atoms with Crippen LogP contribution in [0.4, 0.5) is 11.4 Å². The Kier molecular flexibility index (Phi) is 11.6. The fraction of sp³-hybridized carbons (Fsp3) is 0.143. The molecule has 0 aromatic heterocycles. The van der Waals surface area contributed by atoms with Gasteiger partial charge < -0.3 is 26.7 Å². The van der Waals surface area contributed by atoms with Crippen LogP contribution in [0.2, 0.25) is 0 Å². The SMILES string of the molecule is C1=C(C[N-]Cc2ccccc2)[N-]c2c3c(ccc2=C1)=CC=C(C[NH2+]Cc1ccccc1)[N-]3.O.[Cl][Mn][Cl]. The van der Waals surface area contributed by atoms with Crippen molar-refractivity contribution in [3.05, 3.63) is 134 Å². The van der Waals surface area contributed by atoms with Crippen molar-refractivity contribution in [2.75, 3.05) is 13.1 Å². The van der Waals surface area contributed by atoms with Gasteiger partial charge in [0.2, 0.25) is 0 Å². The van der Waals surface area contributed by atoms with E-state index in [1.807, 2.05) is 18.2 Å². The Bertz CT molecular complexity index is 1200. The third-order valence-electron chi connectivity index (χ3n) is 5.62. The Morgan fingerprint density at radius 2 is 1.17 bits per heavy atom. The number of quaternary nitrogens is 1. The molecule has 3 aromatic rings. The summed E-state index contributed by atoms with van der Waals surface area (Å²) in [5, 5.41) is 19.1. The number of rotatable bonds is 8. The van der Waals surface area contributed by atoms with Crippen molar-refractivity contribution in [3.63, 3.8) is 0 Å². The third-order valence-corrected chi connectivity index (χ3v) is 5.62. The van der Waals surface area contributed by atoms with E-state index in [0.29, 0.717) is 13.1 Å². The van der Waals surface area contributed by atoms with Crippen molar-refractivity contribution in [2.24, 2.45) is 0 Å². The van der Waals surface area contributed by atoms with Crippen LogP contribution in [0.3, 0.4) is 0 Å². The van der Waals surface area contributed by atoms with Crippen LogP contribution in [-0.2, 0) is 26.2 Å². The molecule has 189 valence electrons. The van der Waals surface area contributed by atoms with Gasteiger partial charge in [-0.25, -0.2) is 0 Å². The fourth-order valence-electron chi connectivity index (χ4n) is 3.93. The van der Waals surface area contributed by atoms with Crippen LogP contribution in [0.1, 0.15) is 11.1 Å². The van der Waals surface area contributed by atoms with Gasteiger partial charge in [0.25, 0.3) is 0 Å². The molecule has 4 N–H and O–H groups in total. The van der Waals surface area contributed by atoms with Crippen molar-refractivity contribution in [3.8, 4) is 0 Å². The summed E-state index contributed by atoms with van der Waals surface area (Å²) in [5.41, 5.74) is 6.52. The molecule has 0 fully saturated rings. The molecule has 0 spiro atoms. The molecule has 2 heterocycles. The molecule has 0 atom stereocenters. The van der Waals surface area contributed by atoms with E-state index < -0.39 is 0 Å². The second-order valence-electron chi connectivity index (χ2n) is 8.08. The average Bonchev–Trinajstić information content (AvgIpc) is 2.90. The molecule has 5 rings (SSSR count). The van der Waals surface area contributed by atoms with Crippen molar-refractivity contribution in [1.29, 1.82) is 0 Å².